The van der Waals surface area contributed by atoms with Gasteiger partial charge in [-0.3, -0.25) is 9.59 Å². The summed E-state index contributed by atoms with van der Waals surface area (Å²) in [6.07, 6.45) is 0. The molecule has 0 bridgehead atoms. The number of hydrogen-bond donors (Lipinski definition) is 0. The van der Waals surface area contributed by atoms with Crippen LogP contribution in [0, 0.1) is 6.92 Å². The zero-order valence-corrected chi connectivity index (χ0v) is 17.0. The van der Waals surface area contributed by atoms with Crippen molar-refractivity contribution in [2.24, 2.45) is 0 Å². The molecule has 1 aliphatic rings. The zero-order chi connectivity index (χ0) is 20.1. The summed E-state index contributed by atoms with van der Waals surface area (Å²) in [5, 5.41) is 0. The van der Waals surface area contributed by atoms with Crippen LogP contribution in [0.2, 0.25) is 0 Å². The molecule has 1 heterocycles. The average molecular weight is 380 g/mol. The molecule has 0 spiro atoms. The van der Waals surface area contributed by atoms with E-state index in [0.717, 1.165) is 18.7 Å². The van der Waals surface area contributed by atoms with Crippen LogP contribution in [-0.4, -0.2) is 54.3 Å². The van der Waals surface area contributed by atoms with E-state index in [2.05, 4.69) is 36.1 Å². The number of piperazine rings is 1. The van der Waals surface area contributed by atoms with Gasteiger partial charge in [0.1, 0.15) is 6.54 Å². The van der Waals surface area contributed by atoms with E-state index >= 15 is 0 Å². The van der Waals surface area contributed by atoms with E-state index in [1.807, 2.05) is 42.2 Å². The van der Waals surface area contributed by atoms with Gasteiger partial charge in [0.25, 0.3) is 0 Å². The number of benzene rings is 2. The monoisotopic (exact) mass is 379 g/mol. The normalized spacial score (nSPS) is 15.2. The molecule has 2 amide bonds. The standard InChI is InChI=1S/C23H29N3O2/c1-18-8-7-11-22(16-18)24-12-14-25(15-13-24)23(28)17-26(20(3)27)19(2)21-9-5-4-6-10-21/h4-11,16,19H,12-15,17H2,1-3H3. The summed E-state index contributed by atoms with van der Waals surface area (Å²) in [5.74, 6) is -0.0648. The molecule has 2 aromatic rings. The lowest BCUT2D eigenvalue weighted by atomic mass is 10.1. The number of nitrogens with zero attached hydrogens (tertiary/aromatic N) is 3. The van der Waals surface area contributed by atoms with Crippen molar-refractivity contribution in [1.82, 2.24) is 9.80 Å². The van der Waals surface area contributed by atoms with Crippen molar-refractivity contribution in [3.8, 4) is 0 Å². The molecule has 1 aliphatic heterocycles. The lowest BCUT2D eigenvalue weighted by molar-refractivity contribution is -0.141. The highest BCUT2D eigenvalue weighted by Crippen LogP contribution is 2.21. The van der Waals surface area contributed by atoms with Gasteiger partial charge in [0.05, 0.1) is 6.04 Å². The molecule has 0 saturated carbocycles. The van der Waals surface area contributed by atoms with Crippen LogP contribution in [0.3, 0.4) is 0 Å². The van der Waals surface area contributed by atoms with Crippen LogP contribution in [-0.2, 0) is 9.59 Å². The fourth-order valence-electron chi connectivity index (χ4n) is 3.72. The fraction of sp³-hybridized carbons (Fsp3) is 0.391. The second kappa shape index (κ2) is 8.91. The maximum Gasteiger partial charge on any atom is 0.242 e. The highest BCUT2D eigenvalue weighted by molar-refractivity contribution is 5.84. The smallest absolute Gasteiger partial charge is 0.242 e. The fourth-order valence-corrected chi connectivity index (χ4v) is 3.72. The van der Waals surface area contributed by atoms with Crippen molar-refractivity contribution in [2.45, 2.75) is 26.8 Å². The number of hydrogen-bond acceptors (Lipinski definition) is 3. The molecule has 3 rings (SSSR count). The summed E-state index contributed by atoms with van der Waals surface area (Å²) < 4.78 is 0. The second-order valence-electron chi connectivity index (χ2n) is 7.44. The highest BCUT2D eigenvalue weighted by Gasteiger charge is 2.26. The quantitative estimate of drug-likeness (QED) is 0.801. The molecule has 2 aromatic carbocycles. The molecular weight excluding hydrogens is 350 g/mol. The Morgan fingerprint density at radius 3 is 2.29 bits per heavy atom. The Hall–Kier alpha value is -2.82. The number of anilines is 1. The Balaban J connectivity index is 1.60. The molecule has 0 radical (unpaired) electrons. The van der Waals surface area contributed by atoms with Gasteiger partial charge in [-0.2, -0.15) is 0 Å². The van der Waals surface area contributed by atoms with Crippen molar-refractivity contribution < 1.29 is 9.59 Å². The van der Waals surface area contributed by atoms with Crippen LogP contribution in [0.4, 0.5) is 5.69 Å². The van der Waals surface area contributed by atoms with Gasteiger partial charge in [0.2, 0.25) is 11.8 Å². The molecule has 1 atom stereocenters. The van der Waals surface area contributed by atoms with Gasteiger partial charge in [-0.05, 0) is 37.1 Å². The third-order valence-electron chi connectivity index (χ3n) is 5.46. The Bertz CT molecular complexity index is 814. The Kier molecular flexibility index (Phi) is 6.34. The number of rotatable bonds is 5. The summed E-state index contributed by atoms with van der Waals surface area (Å²) in [6.45, 7) is 8.69. The van der Waals surface area contributed by atoms with Crippen LogP contribution in [0.1, 0.15) is 31.0 Å². The molecule has 28 heavy (non-hydrogen) atoms. The summed E-state index contributed by atoms with van der Waals surface area (Å²) in [7, 11) is 0. The van der Waals surface area contributed by atoms with Gasteiger partial charge in [-0.15, -0.1) is 0 Å². The Labute approximate surface area is 167 Å². The first-order valence-electron chi connectivity index (χ1n) is 9.87. The molecule has 148 valence electrons. The van der Waals surface area contributed by atoms with Crippen molar-refractivity contribution in [1.29, 1.82) is 0 Å². The van der Waals surface area contributed by atoms with Crippen LogP contribution >= 0.6 is 0 Å². The van der Waals surface area contributed by atoms with Crippen LogP contribution in [0.5, 0.6) is 0 Å². The maximum atomic E-state index is 12.9. The molecule has 0 aromatic heterocycles. The number of carbonyl (C=O) groups excluding carboxylic acids is 2. The minimum atomic E-state index is -0.128. The first-order chi connectivity index (χ1) is 13.5. The van der Waals surface area contributed by atoms with Crippen LogP contribution in [0.25, 0.3) is 0 Å². The third kappa shape index (κ3) is 4.71. The molecule has 0 aliphatic carbocycles. The third-order valence-corrected chi connectivity index (χ3v) is 5.46. The number of aryl methyl sites for hydroxylation is 1. The number of amides is 2. The van der Waals surface area contributed by atoms with Gasteiger partial charge in [0, 0.05) is 38.8 Å². The minimum absolute atomic E-state index is 0.0156. The molecule has 1 unspecified atom stereocenters. The van der Waals surface area contributed by atoms with Crippen molar-refractivity contribution >= 4 is 17.5 Å². The molecule has 1 fully saturated rings. The first-order valence-corrected chi connectivity index (χ1v) is 9.87. The Morgan fingerprint density at radius 2 is 1.68 bits per heavy atom. The highest BCUT2D eigenvalue weighted by atomic mass is 16.2. The summed E-state index contributed by atoms with van der Waals surface area (Å²) >= 11 is 0. The molecule has 5 heteroatoms. The molecule has 0 N–H and O–H groups in total. The van der Waals surface area contributed by atoms with Gasteiger partial charge >= 0.3 is 0 Å². The molecular formula is C23H29N3O2. The van der Waals surface area contributed by atoms with E-state index in [0.29, 0.717) is 13.1 Å². The van der Waals surface area contributed by atoms with E-state index < -0.39 is 0 Å². The van der Waals surface area contributed by atoms with Gasteiger partial charge in [-0.25, -0.2) is 0 Å². The van der Waals surface area contributed by atoms with E-state index in [1.54, 1.807) is 4.90 Å². The van der Waals surface area contributed by atoms with Gasteiger partial charge < -0.3 is 14.7 Å². The van der Waals surface area contributed by atoms with E-state index in [-0.39, 0.29) is 24.4 Å². The van der Waals surface area contributed by atoms with E-state index in [4.69, 9.17) is 0 Å². The largest absolute Gasteiger partial charge is 0.368 e. The van der Waals surface area contributed by atoms with Crippen molar-refractivity contribution in [3.63, 3.8) is 0 Å². The molecule has 5 nitrogen and oxygen atoms in total. The Morgan fingerprint density at radius 1 is 1.00 bits per heavy atom. The van der Waals surface area contributed by atoms with Crippen molar-refractivity contribution in [2.75, 3.05) is 37.6 Å². The number of carbonyl (C=O) groups is 2. The van der Waals surface area contributed by atoms with Gasteiger partial charge in [-0.1, -0.05) is 42.5 Å². The average Bonchev–Trinajstić information content (AvgIpc) is 2.72. The predicted octanol–water partition coefficient (Wildman–Crippen LogP) is 3.25. The first kappa shape index (κ1) is 19.9. The lowest BCUT2D eigenvalue weighted by Crippen LogP contribution is -2.52. The summed E-state index contributed by atoms with van der Waals surface area (Å²) in [5.41, 5.74) is 3.48. The second-order valence-corrected chi connectivity index (χ2v) is 7.44. The topological polar surface area (TPSA) is 43.9 Å². The van der Waals surface area contributed by atoms with Crippen LogP contribution in [0.15, 0.2) is 54.6 Å². The summed E-state index contributed by atoms with van der Waals surface area (Å²) in [4.78, 5) is 30.9. The van der Waals surface area contributed by atoms with E-state index in [9.17, 15) is 9.59 Å². The SMILES string of the molecule is CC(=O)N(CC(=O)N1CCN(c2cccc(C)c2)CC1)C(C)c1ccccc1. The zero-order valence-electron chi connectivity index (χ0n) is 17.0. The van der Waals surface area contributed by atoms with E-state index in [1.165, 1.54) is 18.2 Å². The maximum absolute atomic E-state index is 12.9. The molecule has 1 saturated heterocycles. The minimum Gasteiger partial charge on any atom is -0.368 e. The predicted molar refractivity (Wildman–Crippen MR) is 112 cm³/mol. The lowest BCUT2D eigenvalue weighted by Gasteiger charge is -2.37. The van der Waals surface area contributed by atoms with Crippen LogP contribution < -0.4 is 4.90 Å². The van der Waals surface area contributed by atoms with Gasteiger partial charge in [0.15, 0.2) is 0 Å². The summed E-state index contributed by atoms with van der Waals surface area (Å²) in [6, 6.07) is 18.2. The van der Waals surface area contributed by atoms with Crippen molar-refractivity contribution in [3.05, 3.63) is 65.7 Å².